The molecule has 2 rings (SSSR count). The first kappa shape index (κ1) is 12.5. The molecule has 1 unspecified atom stereocenters. The number of nitrogens with one attached hydrogen (secondary N) is 1. The second-order valence-corrected chi connectivity index (χ2v) is 6.10. The molecule has 0 amide bonds. The van der Waals surface area contributed by atoms with Crippen LogP contribution in [-0.4, -0.2) is 12.7 Å². The summed E-state index contributed by atoms with van der Waals surface area (Å²) < 4.78 is 6.77. The summed E-state index contributed by atoms with van der Waals surface area (Å²) in [7, 11) is 1.80. The summed E-state index contributed by atoms with van der Waals surface area (Å²) >= 11 is 5.27. The van der Waals surface area contributed by atoms with Crippen LogP contribution in [0.2, 0.25) is 0 Å². The average molecular weight is 305 g/mol. The number of methoxy groups -OCH3 is 1. The molecule has 16 heavy (non-hydrogen) atoms. The van der Waals surface area contributed by atoms with Crippen LogP contribution in [0.4, 0.5) is 0 Å². The second-order valence-electron chi connectivity index (χ2n) is 4.30. The van der Waals surface area contributed by atoms with Gasteiger partial charge in [0.1, 0.15) is 0 Å². The zero-order chi connectivity index (χ0) is 11.6. The Morgan fingerprint density at radius 3 is 2.81 bits per heavy atom. The van der Waals surface area contributed by atoms with Crippen molar-refractivity contribution in [1.29, 1.82) is 0 Å². The lowest BCUT2D eigenvalue weighted by Crippen LogP contribution is -2.44. The van der Waals surface area contributed by atoms with Crippen LogP contribution in [0.25, 0.3) is 0 Å². The molecule has 0 bridgehead atoms. The molecule has 1 aliphatic carbocycles. The summed E-state index contributed by atoms with van der Waals surface area (Å²) in [5, 5.41) is 2.07. The Hall–Kier alpha value is 0.0600. The van der Waals surface area contributed by atoms with E-state index in [9.17, 15) is 0 Å². The van der Waals surface area contributed by atoms with Crippen LogP contribution in [0, 0.1) is 0 Å². The van der Waals surface area contributed by atoms with Crippen molar-refractivity contribution in [3.63, 3.8) is 0 Å². The predicted octanol–water partition coefficient (Wildman–Crippen LogP) is 2.97. The Morgan fingerprint density at radius 1 is 1.69 bits per heavy atom. The van der Waals surface area contributed by atoms with Gasteiger partial charge < -0.3 is 4.74 Å². The lowest BCUT2D eigenvalue weighted by atomic mass is 9.75. The quantitative estimate of drug-likeness (QED) is 0.649. The van der Waals surface area contributed by atoms with Gasteiger partial charge >= 0.3 is 0 Å². The van der Waals surface area contributed by atoms with Gasteiger partial charge in [-0.1, -0.05) is 0 Å². The molecule has 1 fully saturated rings. The summed E-state index contributed by atoms with van der Waals surface area (Å²) in [5.74, 6) is 5.65. The summed E-state index contributed by atoms with van der Waals surface area (Å²) in [6.45, 7) is 0. The monoisotopic (exact) mass is 304 g/mol. The highest BCUT2D eigenvalue weighted by Crippen LogP contribution is 2.43. The van der Waals surface area contributed by atoms with Gasteiger partial charge in [-0.05, 0) is 53.1 Å². The SMILES string of the molecule is COC1(CC(NN)c2sccc2Br)CCC1. The minimum absolute atomic E-state index is 0.0421. The predicted molar refractivity (Wildman–Crippen MR) is 70.3 cm³/mol. The normalized spacial score (nSPS) is 20.4. The van der Waals surface area contributed by atoms with E-state index >= 15 is 0 Å². The van der Waals surface area contributed by atoms with Gasteiger partial charge in [-0.3, -0.25) is 11.3 Å². The van der Waals surface area contributed by atoms with Crippen molar-refractivity contribution >= 4 is 27.3 Å². The van der Waals surface area contributed by atoms with E-state index in [1.165, 1.54) is 11.3 Å². The molecule has 1 saturated carbocycles. The van der Waals surface area contributed by atoms with Crippen LogP contribution in [0.15, 0.2) is 15.9 Å². The van der Waals surface area contributed by atoms with E-state index in [-0.39, 0.29) is 11.6 Å². The van der Waals surface area contributed by atoms with E-state index < -0.39 is 0 Å². The van der Waals surface area contributed by atoms with E-state index in [0.29, 0.717) is 0 Å². The minimum atomic E-state index is 0.0421. The minimum Gasteiger partial charge on any atom is -0.378 e. The van der Waals surface area contributed by atoms with Gasteiger partial charge in [0.15, 0.2) is 0 Å². The third-order valence-corrected chi connectivity index (χ3v) is 5.42. The summed E-state index contributed by atoms with van der Waals surface area (Å²) in [6.07, 6.45) is 4.49. The number of nitrogens with two attached hydrogens (primary N) is 1. The maximum Gasteiger partial charge on any atom is 0.0697 e. The van der Waals surface area contributed by atoms with Gasteiger partial charge in [-0.25, -0.2) is 0 Å². The smallest absolute Gasteiger partial charge is 0.0697 e. The zero-order valence-corrected chi connectivity index (χ0v) is 11.7. The van der Waals surface area contributed by atoms with Crippen LogP contribution in [0.3, 0.4) is 0 Å². The Morgan fingerprint density at radius 2 is 2.44 bits per heavy atom. The van der Waals surface area contributed by atoms with Crippen LogP contribution < -0.4 is 11.3 Å². The molecule has 5 heteroatoms. The fourth-order valence-corrected chi connectivity index (χ4v) is 3.93. The van der Waals surface area contributed by atoms with Crippen LogP contribution in [-0.2, 0) is 4.74 Å². The standard InChI is InChI=1S/C11H17BrN2OS/c1-15-11(4-2-5-11)7-9(14-13)10-8(12)3-6-16-10/h3,6,9,14H,2,4-5,7,13H2,1H3. The van der Waals surface area contributed by atoms with E-state index in [1.54, 1.807) is 18.4 Å². The highest BCUT2D eigenvalue weighted by atomic mass is 79.9. The van der Waals surface area contributed by atoms with Crippen molar-refractivity contribution in [3.05, 3.63) is 20.8 Å². The van der Waals surface area contributed by atoms with E-state index in [4.69, 9.17) is 10.6 Å². The molecule has 0 aromatic carbocycles. The molecule has 1 aromatic heterocycles. The number of hydrogen-bond donors (Lipinski definition) is 2. The molecule has 0 aliphatic heterocycles. The Balaban J connectivity index is 2.09. The topological polar surface area (TPSA) is 47.3 Å². The number of hydrogen-bond acceptors (Lipinski definition) is 4. The Labute approximate surface area is 108 Å². The first-order valence-electron chi connectivity index (χ1n) is 5.45. The highest BCUT2D eigenvalue weighted by molar-refractivity contribution is 9.10. The molecule has 0 spiro atoms. The van der Waals surface area contributed by atoms with E-state index in [2.05, 4.69) is 32.8 Å². The van der Waals surface area contributed by atoms with Crippen molar-refractivity contribution in [2.24, 2.45) is 5.84 Å². The van der Waals surface area contributed by atoms with Crippen molar-refractivity contribution in [2.45, 2.75) is 37.3 Å². The molecular formula is C11H17BrN2OS. The number of hydrazine groups is 1. The molecule has 0 saturated heterocycles. The molecular weight excluding hydrogens is 288 g/mol. The highest BCUT2D eigenvalue weighted by Gasteiger charge is 2.39. The molecule has 1 atom stereocenters. The maximum absolute atomic E-state index is 5.65. The first-order valence-corrected chi connectivity index (χ1v) is 7.12. The molecule has 1 aliphatic rings. The summed E-state index contributed by atoms with van der Waals surface area (Å²) in [5.41, 5.74) is 2.95. The second kappa shape index (κ2) is 5.14. The number of rotatable bonds is 5. The van der Waals surface area contributed by atoms with Crippen molar-refractivity contribution < 1.29 is 4.74 Å². The lowest BCUT2D eigenvalue weighted by molar-refractivity contribution is -0.0836. The average Bonchev–Trinajstić information content (AvgIpc) is 2.65. The van der Waals surface area contributed by atoms with Crippen LogP contribution in [0.1, 0.15) is 36.6 Å². The van der Waals surface area contributed by atoms with Crippen molar-refractivity contribution in [3.8, 4) is 0 Å². The van der Waals surface area contributed by atoms with Gasteiger partial charge in [-0.2, -0.15) is 0 Å². The Bertz CT molecular complexity index is 346. The largest absolute Gasteiger partial charge is 0.378 e. The van der Waals surface area contributed by atoms with Crippen LogP contribution >= 0.6 is 27.3 Å². The zero-order valence-electron chi connectivity index (χ0n) is 9.33. The van der Waals surface area contributed by atoms with Gasteiger partial charge in [-0.15, -0.1) is 11.3 Å². The summed E-state index contributed by atoms with van der Waals surface area (Å²) in [6, 6.07) is 2.24. The lowest BCUT2D eigenvalue weighted by Gasteiger charge is -2.42. The van der Waals surface area contributed by atoms with E-state index in [1.807, 2.05) is 0 Å². The maximum atomic E-state index is 5.65. The summed E-state index contributed by atoms with van der Waals surface area (Å²) in [4.78, 5) is 1.26. The Kier molecular flexibility index (Phi) is 4.02. The number of ether oxygens (including phenoxy) is 1. The fourth-order valence-electron chi connectivity index (χ4n) is 2.22. The number of thiophene rings is 1. The van der Waals surface area contributed by atoms with Crippen LogP contribution in [0.5, 0.6) is 0 Å². The molecule has 1 aromatic rings. The van der Waals surface area contributed by atoms with Gasteiger partial charge in [0.25, 0.3) is 0 Å². The molecule has 0 radical (unpaired) electrons. The van der Waals surface area contributed by atoms with Gasteiger partial charge in [0, 0.05) is 16.5 Å². The fraction of sp³-hybridized carbons (Fsp3) is 0.636. The molecule has 90 valence electrons. The van der Waals surface area contributed by atoms with E-state index in [0.717, 1.165) is 23.7 Å². The third-order valence-electron chi connectivity index (χ3n) is 3.44. The number of halogens is 1. The molecule has 3 nitrogen and oxygen atoms in total. The van der Waals surface area contributed by atoms with Crippen molar-refractivity contribution in [2.75, 3.05) is 7.11 Å². The van der Waals surface area contributed by atoms with Crippen molar-refractivity contribution in [1.82, 2.24) is 5.43 Å². The van der Waals surface area contributed by atoms with Gasteiger partial charge in [0.2, 0.25) is 0 Å². The first-order chi connectivity index (χ1) is 7.71. The van der Waals surface area contributed by atoms with Gasteiger partial charge in [0.05, 0.1) is 11.6 Å². The molecule has 3 N–H and O–H groups in total. The third kappa shape index (κ3) is 2.33. The molecule has 1 heterocycles.